The third-order valence-electron chi connectivity index (χ3n) is 14.2. The van der Waals surface area contributed by atoms with Crippen molar-refractivity contribution < 1.29 is 0 Å². The van der Waals surface area contributed by atoms with Crippen molar-refractivity contribution in [1.82, 2.24) is 14.5 Å². The number of hydrogen-bond acceptors (Lipinski definition) is 4. The summed E-state index contributed by atoms with van der Waals surface area (Å²) in [5.74, 6) is 0.804. The molecule has 2 aliphatic heterocycles. The van der Waals surface area contributed by atoms with Gasteiger partial charge >= 0.3 is 0 Å². The number of rotatable bonds is 7. The van der Waals surface area contributed by atoms with E-state index in [4.69, 9.17) is 4.99 Å². The molecule has 332 valence electrons. The van der Waals surface area contributed by atoms with E-state index in [-0.39, 0.29) is 6.04 Å². The van der Waals surface area contributed by atoms with Gasteiger partial charge in [0.1, 0.15) is 0 Å². The van der Waals surface area contributed by atoms with Crippen LogP contribution in [0.2, 0.25) is 0 Å². The molecule has 0 saturated heterocycles. The average molecular weight is 916 g/mol. The third kappa shape index (κ3) is 6.59. The van der Waals surface area contributed by atoms with Crippen LogP contribution in [-0.2, 0) is 6.42 Å². The van der Waals surface area contributed by atoms with Crippen LogP contribution in [-0.4, -0.2) is 21.1 Å². The van der Waals surface area contributed by atoms with E-state index in [2.05, 4.69) is 256 Å². The Kier molecular flexibility index (Phi) is 9.59. The van der Waals surface area contributed by atoms with Gasteiger partial charge in [-0.15, -0.1) is 0 Å². The Morgan fingerprint density at radius 1 is 0.529 bits per heavy atom. The maximum atomic E-state index is 5.74. The summed E-state index contributed by atoms with van der Waals surface area (Å²) in [4.78, 5) is 10.5. The molecule has 1 unspecified atom stereocenters. The fourth-order valence-corrected chi connectivity index (χ4v) is 12.3. The maximum Gasteiger partial charge on any atom is 0.209 e. The zero-order chi connectivity index (χ0) is 46.1. The van der Waals surface area contributed by atoms with Crippen molar-refractivity contribution in [2.24, 2.45) is 4.99 Å². The standard InChI is InChI=1S/C64H45N5S/c1-5-19-43(20-6-1)59-41-56-63(70-59)60(44-32-36-49(37-33-44)67(46-21-7-2-8-22-46)47-23-9-3-10-24-47)66-64(65-56)69-58-39-35-45(40-55(58)54-38-34-42-18-13-14-27-50(42)62(54)69)51-29-17-30-53-52-28-15-16-31-57(52)68(61(51)53)48-25-11-4-12-26-48/h1-15,17-30,32-41,56H,16,31H2,(H,65,66). The summed E-state index contributed by atoms with van der Waals surface area (Å²) in [6.07, 6.45) is 9.08. The van der Waals surface area contributed by atoms with E-state index in [9.17, 15) is 0 Å². The van der Waals surface area contributed by atoms with Gasteiger partial charge in [0.25, 0.3) is 0 Å². The fourth-order valence-electron chi connectivity index (χ4n) is 11.1. The zero-order valence-corrected chi connectivity index (χ0v) is 39.0. The van der Waals surface area contributed by atoms with E-state index in [1.165, 1.54) is 75.9 Å². The monoisotopic (exact) mass is 915 g/mol. The predicted octanol–water partition coefficient (Wildman–Crippen LogP) is 16.3. The number of aliphatic imine (C=N–C) groups is 1. The third-order valence-corrected chi connectivity index (χ3v) is 15.5. The summed E-state index contributed by atoms with van der Waals surface area (Å²) in [6.45, 7) is 0. The normalized spacial score (nSPS) is 15.3. The van der Waals surface area contributed by atoms with Gasteiger partial charge in [0.05, 0.1) is 28.3 Å². The first-order chi connectivity index (χ1) is 34.7. The van der Waals surface area contributed by atoms with Gasteiger partial charge in [0, 0.05) is 76.5 Å². The summed E-state index contributed by atoms with van der Waals surface area (Å²) in [5, 5.41) is 10.0. The minimum Gasteiger partial charge on any atom is -0.344 e. The van der Waals surface area contributed by atoms with Crippen molar-refractivity contribution in [2.45, 2.75) is 18.9 Å². The largest absolute Gasteiger partial charge is 0.344 e. The van der Waals surface area contributed by atoms with E-state index in [0.717, 1.165) is 58.2 Å². The van der Waals surface area contributed by atoms with E-state index in [0.29, 0.717) is 0 Å². The molecule has 6 heteroatoms. The Labute approximate surface area is 410 Å². The number of allylic oxidation sites excluding steroid dienone is 1. The van der Waals surface area contributed by atoms with E-state index >= 15 is 0 Å². The molecule has 3 aliphatic rings. The lowest BCUT2D eigenvalue weighted by molar-refractivity contribution is 0.835. The second kappa shape index (κ2) is 16.6. The second-order valence-corrected chi connectivity index (χ2v) is 19.3. The molecule has 0 saturated carbocycles. The van der Waals surface area contributed by atoms with Gasteiger partial charge in [-0.3, -0.25) is 4.57 Å². The molecule has 0 radical (unpaired) electrons. The van der Waals surface area contributed by atoms with Gasteiger partial charge in [-0.2, -0.15) is 0 Å². The Balaban J connectivity index is 0.963. The smallest absolute Gasteiger partial charge is 0.209 e. The molecule has 5 nitrogen and oxygen atoms in total. The van der Waals surface area contributed by atoms with Crippen LogP contribution in [0.5, 0.6) is 0 Å². The van der Waals surface area contributed by atoms with Crippen molar-refractivity contribution in [3.8, 4) is 16.8 Å². The highest BCUT2D eigenvalue weighted by molar-refractivity contribution is 8.12. The van der Waals surface area contributed by atoms with Crippen LogP contribution in [0.1, 0.15) is 28.8 Å². The molecule has 11 aromatic rings. The van der Waals surface area contributed by atoms with Crippen molar-refractivity contribution in [2.75, 3.05) is 4.90 Å². The fraction of sp³-hybridized carbons (Fsp3) is 0.0469. The molecule has 1 aliphatic carbocycles. The molecule has 0 spiro atoms. The van der Waals surface area contributed by atoms with Crippen LogP contribution in [0.15, 0.2) is 240 Å². The van der Waals surface area contributed by atoms with Crippen molar-refractivity contribution in [3.05, 3.63) is 258 Å². The molecule has 14 rings (SSSR count). The molecule has 2 aromatic heterocycles. The SMILES string of the molecule is C1=Cc2c(n(-c3ccccc3)c3c(-c4ccc5c(c4)c4ccc6ccccc6c4n5C4=NC(c5ccc(N(c6ccccc6)c6ccccc6)cc5)=C5SC(c6ccccc6)=CC5N4)cccc23)CC1. The molecule has 1 atom stereocenters. The molecule has 0 fully saturated rings. The van der Waals surface area contributed by atoms with Crippen LogP contribution >= 0.6 is 11.8 Å². The summed E-state index contributed by atoms with van der Waals surface area (Å²) in [6, 6.07) is 78.9. The second-order valence-electron chi connectivity index (χ2n) is 18.2. The number of hydrogen-bond donors (Lipinski definition) is 1. The summed E-state index contributed by atoms with van der Waals surface area (Å²) in [5.41, 5.74) is 16.3. The molecular weight excluding hydrogens is 871 g/mol. The topological polar surface area (TPSA) is 37.5 Å². The highest BCUT2D eigenvalue weighted by Gasteiger charge is 2.33. The minimum absolute atomic E-state index is 0.0854. The zero-order valence-electron chi connectivity index (χ0n) is 38.2. The van der Waals surface area contributed by atoms with Crippen LogP contribution in [0, 0.1) is 0 Å². The van der Waals surface area contributed by atoms with Gasteiger partial charge in [-0.1, -0.05) is 182 Å². The Bertz CT molecular complexity index is 3940. The number of nitrogens with zero attached hydrogens (tertiary/aromatic N) is 4. The summed E-state index contributed by atoms with van der Waals surface area (Å²) in [7, 11) is 0. The molecule has 9 aromatic carbocycles. The van der Waals surface area contributed by atoms with Crippen LogP contribution in [0.4, 0.5) is 17.1 Å². The first-order valence-electron chi connectivity index (χ1n) is 24.1. The number of benzene rings is 9. The molecule has 4 heterocycles. The Morgan fingerprint density at radius 2 is 1.20 bits per heavy atom. The van der Waals surface area contributed by atoms with Gasteiger partial charge in [0.15, 0.2) is 0 Å². The van der Waals surface area contributed by atoms with Crippen molar-refractivity contribution in [3.63, 3.8) is 0 Å². The van der Waals surface area contributed by atoms with Crippen molar-refractivity contribution in [1.29, 1.82) is 0 Å². The van der Waals surface area contributed by atoms with Gasteiger partial charge < -0.3 is 14.8 Å². The van der Waals surface area contributed by atoms with Crippen LogP contribution in [0.3, 0.4) is 0 Å². The lowest BCUT2D eigenvalue weighted by Gasteiger charge is -2.27. The lowest BCUT2D eigenvalue weighted by atomic mass is 9.98. The number of thioether (sulfide) groups is 1. The van der Waals surface area contributed by atoms with Gasteiger partial charge in [-0.05, 0) is 96.1 Å². The first kappa shape index (κ1) is 40.5. The summed E-state index contributed by atoms with van der Waals surface area (Å²) >= 11 is 1.82. The quantitative estimate of drug-likeness (QED) is 0.173. The molecular formula is C64H45N5S. The Hall–Kier alpha value is -8.58. The lowest BCUT2D eigenvalue weighted by Crippen LogP contribution is -2.40. The maximum absolute atomic E-state index is 5.74. The predicted molar refractivity (Wildman–Crippen MR) is 296 cm³/mol. The van der Waals surface area contributed by atoms with Gasteiger partial charge in [0.2, 0.25) is 5.96 Å². The first-order valence-corrected chi connectivity index (χ1v) is 25.0. The molecule has 1 N–H and O–H groups in total. The highest BCUT2D eigenvalue weighted by atomic mass is 32.2. The van der Waals surface area contributed by atoms with E-state index < -0.39 is 0 Å². The van der Waals surface area contributed by atoms with Crippen LogP contribution < -0.4 is 10.2 Å². The number of anilines is 3. The van der Waals surface area contributed by atoms with Crippen LogP contribution in [0.25, 0.3) is 77.0 Å². The number of fused-ring (bicyclic) bond motifs is 9. The van der Waals surface area contributed by atoms with E-state index in [1.54, 1.807) is 0 Å². The molecule has 70 heavy (non-hydrogen) atoms. The van der Waals surface area contributed by atoms with Crippen molar-refractivity contribution >= 4 is 94.9 Å². The summed E-state index contributed by atoms with van der Waals surface area (Å²) < 4.78 is 4.91. The number of aromatic nitrogens is 2. The minimum atomic E-state index is -0.0854. The Morgan fingerprint density at radius 3 is 1.97 bits per heavy atom. The van der Waals surface area contributed by atoms with Gasteiger partial charge in [-0.25, -0.2) is 4.99 Å². The molecule has 0 amide bonds. The molecule has 0 bridgehead atoms. The number of nitrogens with one attached hydrogen (secondary N) is 1. The number of para-hydroxylation sites is 4. The highest BCUT2D eigenvalue weighted by Crippen LogP contribution is 2.49. The van der Waals surface area contributed by atoms with E-state index in [1.807, 2.05) is 11.8 Å². The average Bonchev–Trinajstić information content (AvgIpc) is 4.13.